The van der Waals surface area contributed by atoms with E-state index in [1.54, 1.807) is 0 Å². The molecule has 5 nitrogen and oxygen atoms in total. The van der Waals surface area contributed by atoms with Crippen molar-refractivity contribution in [2.24, 2.45) is 0 Å². The standard InChI is InChI=1S/C15H16F2N2O3/c1-2-12(20)18-7-5-13(21)19-11-6-8-22-15-10(17)4-3-9(16)14(11)15/h2-4,11H,1,5-8H2,(H,18,20)(H,19,21)/t11-/m0/s1. The Morgan fingerprint density at radius 1 is 1.36 bits per heavy atom. The van der Waals surface area contributed by atoms with Gasteiger partial charge in [-0.2, -0.15) is 0 Å². The fourth-order valence-corrected chi connectivity index (χ4v) is 2.23. The van der Waals surface area contributed by atoms with Crippen molar-refractivity contribution >= 4 is 11.8 Å². The first kappa shape index (κ1) is 15.9. The van der Waals surface area contributed by atoms with E-state index in [2.05, 4.69) is 17.2 Å². The zero-order chi connectivity index (χ0) is 16.1. The van der Waals surface area contributed by atoms with Crippen molar-refractivity contribution in [2.75, 3.05) is 13.2 Å². The Bertz CT molecular complexity index is 605. The maximum atomic E-state index is 13.9. The molecule has 118 valence electrons. The first-order valence-electron chi connectivity index (χ1n) is 6.83. The number of ether oxygens (including phenoxy) is 1. The highest BCUT2D eigenvalue weighted by atomic mass is 19.1. The molecule has 0 saturated carbocycles. The van der Waals surface area contributed by atoms with Gasteiger partial charge in [-0.25, -0.2) is 8.78 Å². The summed E-state index contributed by atoms with van der Waals surface area (Å²) in [6.45, 7) is 3.61. The normalized spacial score (nSPS) is 16.2. The molecule has 0 unspecified atom stereocenters. The van der Waals surface area contributed by atoms with Crippen LogP contribution in [0.2, 0.25) is 0 Å². The van der Waals surface area contributed by atoms with Gasteiger partial charge in [0.1, 0.15) is 5.82 Å². The number of carbonyl (C=O) groups excluding carboxylic acids is 2. The molecule has 1 aromatic rings. The van der Waals surface area contributed by atoms with Crippen molar-refractivity contribution in [1.29, 1.82) is 0 Å². The van der Waals surface area contributed by atoms with Crippen molar-refractivity contribution in [2.45, 2.75) is 18.9 Å². The molecule has 0 saturated heterocycles. The highest BCUT2D eigenvalue weighted by Crippen LogP contribution is 2.36. The number of rotatable bonds is 5. The van der Waals surface area contributed by atoms with Crippen molar-refractivity contribution in [1.82, 2.24) is 10.6 Å². The lowest BCUT2D eigenvalue weighted by atomic mass is 9.99. The number of nitrogens with one attached hydrogen (secondary N) is 2. The van der Waals surface area contributed by atoms with Gasteiger partial charge in [0, 0.05) is 19.4 Å². The number of hydrogen-bond donors (Lipinski definition) is 2. The number of fused-ring (bicyclic) bond motifs is 1. The third-order valence-corrected chi connectivity index (χ3v) is 3.27. The summed E-state index contributed by atoms with van der Waals surface area (Å²) >= 11 is 0. The highest BCUT2D eigenvalue weighted by Gasteiger charge is 2.28. The minimum absolute atomic E-state index is 0.0229. The summed E-state index contributed by atoms with van der Waals surface area (Å²) in [7, 11) is 0. The molecule has 0 spiro atoms. The summed E-state index contributed by atoms with van der Waals surface area (Å²) < 4.78 is 32.7. The highest BCUT2D eigenvalue weighted by molar-refractivity contribution is 5.87. The molecule has 22 heavy (non-hydrogen) atoms. The molecule has 1 aromatic carbocycles. The summed E-state index contributed by atoms with van der Waals surface area (Å²) in [5, 5.41) is 5.10. The van der Waals surface area contributed by atoms with Crippen molar-refractivity contribution in [3.8, 4) is 5.75 Å². The molecule has 1 atom stereocenters. The molecule has 7 heteroatoms. The first-order chi connectivity index (χ1) is 10.5. The Morgan fingerprint density at radius 3 is 2.82 bits per heavy atom. The molecule has 1 aliphatic rings. The lowest BCUT2D eigenvalue weighted by Crippen LogP contribution is -2.35. The van der Waals surface area contributed by atoms with E-state index in [9.17, 15) is 18.4 Å². The second-order valence-electron chi connectivity index (χ2n) is 4.77. The number of halogens is 2. The Balaban J connectivity index is 2.00. The van der Waals surface area contributed by atoms with Crippen LogP contribution < -0.4 is 15.4 Å². The first-order valence-corrected chi connectivity index (χ1v) is 6.83. The molecular formula is C15H16F2N2O3. The van der Waals surface area contributed by atoms with Crippen LogP contribution in [0.25, 0.3) is 0 Å². The van der Waals surface area contributed by atoms with E-state index in [0.29, 0.717) is 6.42 Å². The van der Waals surface area contributed by atoms with Gasteiger partial charge in [0.15, 0.2) is 11.6 Å². The van der Waals surface area contributed by atoms with Gasteiger partial charge in [-0.1, -0.05) is 6.58 Å². The predicted octanol–water partition coefficient (Wildman–Crippen LogP) is 1.60. The predicted molar refractivity (Wildman–Crippen MR) is 75.2 cm³/mol. The monoisotopic (exact) mass is 310 g/mol. The minimum Gasteiger partial charge on any atom is -0.490 e. The van der Waals surface area contributed by atoms with Crippen LogP contribution in [0.5, 0.6) is 5.75 Å². The van der Waals surface area contributed by atoms with E-state index in [1.807, 2.05) is 0 Å². The average molecular weight is 310 g/mol. The topological polar surface area (TPSA) is 67.4 Å². The van der Waals surface area contributed by atoms with Crippen LogP contribution in [-0.2, 0) is 9.59 Å². The molecule has 1 aliphatic heterocycles. The lowest BCUT2D eigenvalue weighted by molar-refractivity contribution is -0.122. The van der Waals surface area contributed by atoms with Crippen LogP contribution in [-0.4, -0.2) is 25.0 Å². The van der Waals surface area contributed by atoms with Crippen molar-refractivity contribution < 1.29 is 23.1 Å². The van der Waals surface area contributed by atoms with E-state index < -0.39 is 17.7 Å². The summed E-state index contributed by atoms with van der Waals surface area (Å²) in [5.41, 5.74) is 0.0229. The van der Waals surface area contributed by atoms with Crippen LogP contribution in [0.4, 0.5) is 8.78 Å². The van der Waals surface area contributed by atoms with E-state index in [4.69, 9.17) is 4.74 Å². The van der Waals surface area contributed by atoms with Gasteiger partial charge < -0.3 is 15.4 Å². The number of hydrogen-bond acceptors (Lipinski definition) is 3. The third-order valence-electron chi connectivity index (χ3n) is 3.27. The summed E-state index contributed by atoms with van der Waals surface area (Å²) in [6, 6.07) is 1.34. The van der Waals surface area contributed by atoms with E-state index >= 15 is 0 Å². The maximum Gasteiger partial charge on any atom is 0.243 e. The third kappa shape index (κ3) is 3.60. The fourth-order valence-electron chi connectivity index (χ4n) is 2.23. The molecule has 2 amide bonds. The van der Waals surface area contributed by atoms with Crippen LogP contribution in [0.1, 0.15) is 24.4 Å². The quantitative estimate of drug-likeness (QED) is 0.812. The fraction of sp³-hybridized carbons (Fsp3) is 0.333. The second-order valence-corrected chi connectivity index (χ2v) is 4.77. The molecule has 1 heterocycles. The largest absolute Gasteiger partial charge is 0.490 e. The second kappa shape index (κ2) is 7.02. The smallest absolute Gasteiger partial charge is 0.243 e. The van der Waals surface area contributed by atoms with Gasteiger partial charge >= 0.3 is 0 Å². The van der Waals surface area contributed by atoms with Crippen LogP contribution in [0, 0.1) is 11.6 Å². The summed E-state index contributed by atoms with van der Waals surface area (Å²) in [6.07, 6.45) is 1.48. The number of carbonyl (C=O) groups is 2. The Hall–Kier alpha value is -2.44. The minimum atomic E-state index is -0.659. The van der Waals surface area contributed by atoms with Gasteiger partial charge in [0.25, 0.3) is 0 Å². The van der Waals surface area contributed by atoms with Gasteiger partial charge in [0.2, 0.25) is 11.8 Å². The maximum absolute atomic E-state index is 13.9. The molecule has 2 N–H and O–H groups in total. The lowest BCUT2D eigenvalue weighted by Gasteiger charge is -2.27. The molecule has 2 rings (SSSR count). The van der Waals surface area contributed by atoms with E-state index in [-0.39, 0.29) is 42.7 Å². The van der Waals surface area contributed by atoms with Crippen LogP contribution in [0.15, 0.2) is 24.8 Å². The van der Waals surface area contributed by atoms with Gasteiger partial charge in [0.05, 0.1) is 18.2 Å². The van der Waals surface area contributed by atoms with Gasteiger partial charge in [-0.3, -0.25) is 9.59 Å². The SMILES string of the molecule is C=CC(=O)NCCC(=O)N[C@H]1CCOc2c(F)ccc(F)c21. The Kier molecular flexibility index (Phi) is 5.08. The molecule has 0 radical (unpaired) electrons. The van der Waals surface area contributed by atoms with Crippen LogP contribution in [0.3, 0.4) is 0 Å². The van der Waals surface area contributed by atoms with Gasteiger partial charge in [-0.05, 0) is 18.2 Å². The number of benzene rings is 1. The van der Waals surface area contributed by atoms with Crippen LogP contribution >= 0.6 is 0 Å². The summed E-state index contributed by atoms with van der Waals surface area (Å²) in [4.78, 5) is 22.8. The summed E-state index contributed by atoms with van der Waals surface area (Å²) in [5.74, 6) is -2.19. The molecule has 0 aliphatic carbocycles. The van der Waals surface area contributed by atoms with E-state index in [1.165, 1.54) is 0 Å². The zero-order valence-corrected chi connectivity index (χ0v) is 11.8. The average Bonchev–Trinajstić information content (AvgIpc) is 2.51. The van der Waals surface area contributed by atoms with E-state index in [0.717, 1.165) is 18.2 Å². The van der Waals surface area contributed by atoms with Crippen molar-refractivity contribution in [3.63, 3.8) is 0 Å². The molecule has 0 bridgehead atoms. The molecular weight excluding hydrogens is 294 g/mol. The molecule has 0 aromatic heterocycles. The van der Waals surface area contributed by atoms with Gasteiger partial charge in [-0.15, -0.1) is 0 Å². The number of amides is 2. The Labute approximate surface area is 126 Å². The zero-order valence-electron chi connectivity index (χ0n) is 11.8. The van der Waals surface area contributed by atoms with Crippen molar-refractivity contribution in [3.05, 3.63) is 42.0 Å². The molecule has 0 fully saturated rings. The Morgan fingerprint density at radius 2 is 2.09 bits per heavy atom.